The molecule has 0 saturated heterocycles. The van der Waals surface area contributed by atoms with Crippen LogP contribution < -0.4 is 0 Å². The van der Waals surface area contributed by atoms with Crippen molar-refractivity contribution in [2.45, 2.75) is 41.9 Å². The lowest BCUT2D eigenvalue weighted by Gasteiger charge is -2.27. The van der Waals surface area contributed by atoms with Gasteiger partial charge in [-0.2, -0.15) is 0 Å². The topological polar surface area (TPSA) is 54.4 Å². The molecule has 3 nitrogen and oxygen atoms in total. The maximum Gasteiger partial charge on any atom is 0.183 e. The van der Waals surface area contributed by atoms with Crippen molar-refractivity contribution in [3.05, 3.63) is 30.3 Å². The van der Waals surface area contributed by atoms with E-state index in [1.807, 2.05) is 0 Å². The van der Waals surface area contributed by atoms with Crippen LogP contribution in [0.25, 0.3) is 0 Å². The van der Waals surface area contributed by atoms with Gasteiger partial charge in [-0.25, -0.2) is 8.42 Å². The highest BCUT2D eigenvalue weighted by atomic mass is 32.2. The molecule has 0 spiro atoms. The van der Waals surface area contributed by atoms with Crippen LogP contribution in [0.4, 0.5) is 0 Å². The first-order valence-corrected chi connectivity index (χ1v) is 7.14. The second-order valence-electron chi connectivity index (χ2n) is 4.25. The number of sulfone groups is 1. The lowest BCUT2D eigenvalue weighted by atomic mass is 9.97. The van der Waals surface area contributed by atoms with Gasteiger partial charge in [-0.05, 0) is 25.0 Å². The van der Waals surface area contributed by atoms with Gasteiger partial charge in [0.05, 0.1) is 16.2 Å². The number of aliphatic hydroxyl groups excluding tert-OH is 1. The van der Waals surface area contributed by atoms with Crippen molar-refractivity contribution in [2.24, 2.45) is 0 Å². The highest BCUT2D eigenvalue weighted by Gasteiger charge is 2.35. The van der Waals surface area contributed by atoms with E-state index in [1.54, 1.807) is 30.3 Å². The van der Waals surface area contributed by atoms with Crippen LogP contribution in [0, 0.1) is 0 Å². The molecular formula is C12H16O3S. The van der Waals surface area contributed by atoms with Crippen molar-refractivity contribution in [3.8, 4) is 0 Å². The predicted octanol–water partition coefficient (Wildman–Crippen LogP) is 1.76. The SMILES string of the molecule is O=S(=O)(c1ccccc1)[C@@H]1CCCC[C@H]1O. The minimum absolute atomic E-state index is 0.320. The molecule has 1 aromatic carbocycles. The first-order chi connectivity index (χ1) is 7.62. The molecule has 2 atom stereocenters. The number of aliphatic hydroxyl groups is 1. The van der Waals surface area contributed by atoms with Gasteiger partial charge in [0.25, 0.3) is 0 Å². The molecule has 0 bridgehead atoms. The van der Waals surface area contributed by atoms with Crippen LogP contribution in [0.3, 0.4) is 0 Å². The average molecular weight is 240 g/mol. The van der Waals surface area contributed by atoms with Crippen LogP contribution in [-0.2, 0) is 9.84 Å². The molecule has 1 saturated carbocycles. The summed E-state index contributed by atoms with van der Waals surface area (Å²) >= 11 is 0. The number of hydrogen-bond donors (Lipinski definition) is 1. The molecule has 0 heterocycles. The van der Waals surface area contributed by atoms with Crippen molar-refractivity contribution < 1.29 is 13.5 Å². The summed E-state index contributed by atoms with van der Waals surface area (Å²) in [7, 11) is -3.36. The molecule has 1 aliphatic rings. The van der Waals surface area contributed by atoms with Gasteiger partial charge in [0.15, 0.2) is 9.84 Å². The molecule has 16 heavy (non-hydrogen) atoms. The second-order valence-corrected chi connectivity index (χ2v) is 6.42. The van der Waals surface area contributed by atoms with Crippen molar-refractivity contribution in [1.82, 2.24) is 0 Å². The Kier molecular flexibility index (Phi) is 3.30. The molecule has 0 amide bonds. The van der Waals surface area contributed by atoms with E-state index in [2.05, 4.69) is 0 Å². The third-order valence-corrected chi connectivity index (χ3v) is 5.41. The lowest BCUT2D eigenvalue weighted by molar-refractivity contribution is 0.133. The third-order valence-electron chi connectivity index (χ3n) is 3.14. The van der Waals surface area contributed by atoms with Gasteiger partial charge < -0.3 is 5.11 Å². The minimum Gasteiger partial charge on any atom is -0.392 e. The van der Waals surface area contributed by atoms with E-state index >= 15 is 0 Å². The van der Waals surface area contributed by atoms with E-state index < -0.39 is 21.2 Å². The molecule has 88 valence electrons. The normalized spacial score (nSPS) is 26.6. The van der Waals surface area contributed by atoms with E-state index in [0.717, 1.165) is 12.8 Å². The fraction of sp³-hybridized carbons (Fsp3) is 0.500. The summed E-state index contributed by atoms with van der Waals surface area (Å²) in [6.07, 6.45) is 2.25. The van der Waals surface area contributed by atoms with E-state index in [1.165, 1.54) is 0 Å². The van der Waals surface area contributed by atoms with Crippen LogP contribution in [0.1, 0.15) is 25.7 Å². The summed E-state index contributed by atoms with van der Waals surface area (Å²) in [4.78, 5) is 0.320. The second kappa shape index (κ2) is 4.55. The molecule has 0 unspecified atom stereocenters. The highest BCUT2D eigenvalue weighted by molar-refractivity contribution is 7.92. The number of benzene rings is 1. The molecule has 2 rings (SSSR count). The highest BCUT2D eigenvalue weighted by Crippen LogP contribution is 2.28. The maximum atomic E-state index is 12.2. The van der Waals surface area contributed by atoms with Crippen molar-refractivity contribution in [3.63, 3.8) is 0 Å². The van der Waals surface area contributed by atoms with Gasteiger partial charge in [0.2, 0.25) is 0 Å². The number of hydrogen-bond acceptors (Lipinski definition) is 3. The van der Waals surface area contributed by atoms with Crippen molar-refractivity contribution >= 4 is 9.84 Å². The summed E-state index contributed by atoms with van der Waals surface area (Å²) in [5.74, 6) is 0. The van der Waals surface area contributed by atoms with Gasteiger partial charge in [-0.1, -0.05) is 31.0 Å². The molecule has 1 N–H and O–H groups in total. The zero-order valence-corrected chi connectivity index (χ0v) is 9.86. The zero-order valence-electron chi connectivity index (χ0n) is 9.04. The van der Waals surface area contributed by atoms with Crippen LogP contribution in [0.2, 0.25) is 0 Å². The quantitative estimate of drug-likeness (QED) is 0.857. The average Bonchev–Trinajstić information content (AvgIpc) is 2.30. The molecule has 0 aromatic heterocycles. The lowest BCUT2D eigenvalue weighted by Crippen LogP contribution is -2.36. The Morgan fingerprint density at radius 3 is 2.31 bits per heavy atom. The van der Waals surface area contributed by atoms with E-state index in [9.17, 15) is 13.5 Å². The van der Waals surface area contributed by atoms with E-state index in [0.29, 0.717) is 17.7 Å². The van der Waals surface area contributed by atoms with E-state index in [-0.39, 0.29) is 0 Å². The smallest absolute Gasteiger partial charge is 0.183 e. The van der Waals surface area contributed by atoms with Gasteiger partial charge in [-0.15, -0.1) is 0 Å². The molecule has 4 heteroatoms. The molecule has 1 aliphatic carbocycles. The predicted molar refractivity (Wildman–Crippen MR) is 61.9 cm³/mol. The first kappa shape index (κ1) is 11.6. The van der Waals surface area contributed by atoms with Gasteiger partial charge in [0, 0.05) is 0 Å². The van der Waals surface area contributed by atoms with Crippen LogP contribution >= 0.6 is 0 Å². The molecule has 1 aromatic rings. The standard InChI is InChI=1S/C12H16O3S/c13-11-8-4-5-9-12(11)16(14,15)10-6-2-1-3-7-10/h1-3,6-7,11-13H,4-5,8-9H2/t11-,12-/m1/s1. The summed E-state index contributed by atoms with van der Waals surface area (Å²) in [6.45, 7) is 0. The zero-order chi connectivity index (χ0) is 11.6. The van der Waals surface area contributed by atoms with Gasteiger partial charge >= 0.3 is 0 Å². The Hall–Kier alpha value is -0.870. The molecule has 0 aliphatic heterocycles. The number of rotatable bonds is 2. The minimum atomic E-state index is -3.36. The van der Waals surface area contributed by atoms with Gasteiger partial charge in [-0.3, -0.25) is 0 Å². The molecule has 0 radical (unpaired) electrons. The fourth-order valence-electron chi connectivity index (χ4n) is 2.22. The van der Waals surface area contributed by atoms with Crippen LogP contribution in [0.5, 0.6) is 0 Å². The Labute approximate surface area is 96.0 Å². The largest absolute Gasteiger partial charge is 0.392 e. The Bertz CT molecular complexity index is 439. The van der Waals surface area contributed by atoms with Gasteiger partial charge in [0.1, 0.15) is 0 Å². The van der Waals surface area contributed by atoms with Crippen molar-refractivity contribution in [2.75, 3.05) is 0 Å². The fourth-order valence-corrected chi connectivity index (χ4v) is 4.14. The molecular weight excluding hydrogens is 224 g/mol. The Balaban J connectivity index is 2.32. The summed E-state index contributed by atoms with van der Waals surface area (Å²) in [5.41, 5.74) is 0. The van der Waals surface area contributed by atoms with Crippen molar-refractivity contribution in [1.29, 1.82) is 0 Å². The molecule has 1 fully saturated rings. The summed E-state index contributed by atoms with van der Waals surface area (Å²) in [5, 5.41) is 9.17. The van der Waals surface area contributed by atoms with Crippen LogP contribution in [0.15, 0.2) is 35.2 Å². The van der Waals surface area contributed by atoms with Crippen LogP contribution in [-0.4, -0.2) is 24.9 Å². The Morgan fingerprint density at radius 2 is 1.69 bits per heavy atom. The third kappa shape index (κ3) is 2.13. The summed E-state index contributed by atoms with van der Waals surface area (Å²) < 4.78 is 24.5. The maximum absolute atomic E-state index is 12.2. The summed E-state index contributed by atoms with van der Waals surface area (Å²) in [6, 6.07) is 8.40. The van der Waals surface area contributed by atoms with E-state index in [4.69, 9.17) is 0 Å². The first-order valence-electron chi connectivity index (χ1n) is 5.59. The monoisotopic (exact) mass is 240 g/mol. The Morgan fingerprint density at radius 1 is 1.06 bits per heavy atom.